The van der Waals surface area contributed by atoms with Crippen LogP contribution < -0.4 is 4.74 Å². The Morgan fingerprint density at radius 3 is 2.61 bits per heavy atom. The molecule has 36 heavy (non-hydrogen) atoms. The fourth-order valence-corrected chi connectivity index (χ4v) is 4.97. The molecule has 192 valence electrons. The molecule has 7 heteroatoms. The number of β-amino-alcohol motifs (C(OH)–C–C–N with tert-alkyl or cyclic N) is 1. The molecule has 7 nitrogen and oxygen atoms in total. The summed E-state index contributed by atoms with van der Waals surface area (Å²) < 4.78 is 13.8. The van der Waals surface area contributed by atoms with E-state index >= 15 is 0 Å². The molecule has 1 atom stereocenters. The Bertz CT molecular complexity index is 1120. The smallest absolute Gasteiger partial charge is 0.222 e. The number of aromatic nitrogens is 2. The van der Waals surface area contributed by atoms with Crippen LogP contribution in [-0.4, -0.2) is 76.7 Å². The van der Waals surface area contributed by atoms with E-state index in [0.29, 0.717) is 25.6 Å². The zero-order chi connectivity index (χ0) is 24.9. The van der Waals surface area contributed by atoms with Crippen LogP contribution in [0.1, 0.15) is 24.0 Å². The van der Waals surface area contributed by atoms with Crippen LogP contribution in [0.25, 0.3) is 11.3 Å². The highest BCUT2D eigenvalue weighted by Crippen LogP contribution is 2.36. The third-order valence-electron chi connectivity index (χ3n) is 6.98. The van der Waals surface area contributed by atoms with Gasteiger partial charge in [-0.25, -0.2) is 4.68 Å². The van der Waals surface area contributed by atoms with Gasteiger partial charge in [0.25, 0.3) is 0 Å². The molecule has 5 rings (SSSR count). The fraction of sp³-hybridized carbons (Fsp3) is 0.483. The molecular formula is C29H38N4O3. The van der Waals surface area contributed by atoms with Gasteiger partial charge in [0.2, 0.25) is 5.88 Å². The first-order valence-electron chi connectivity index (χ1n) is 13.1. The first-order chi connectivity index (χ1) is 17.5. The average Bonchev–Trinajstić information content (AvgIpc) is 3.64. The molecule has 0 amide bonds. The van der Waals surface area contributed by atoms with Crippen LogP contribution in [-0.2, 0) is 18.3 Å². The van der Waals surface area contributed by atoms with Gasteiger partial charge in [0.15, 0.2) is 0 Å². The van der Waals surface area contributed by atoms with Crippen molar-refractivity contribution >= 4 is 0 Å². The Balaban J connectivity index is 1.41. The molecule has 1 saturated carbocycles. The molecule has 0 radical (unpaired) electrons. The van der Waals surface area contributed by atoms with Crippen LogP contribution in [0.2, 0.25) is 0 Å². The predicted octanol–water partition coefficient (Wildman–Crippen LogP) is 4.09. The quantitative estimate of drug-likeness (QED) is 0.437. The van der Waals surface area contributed by atoms with Gasteiger partial charge < -0.3 is 14.6 Å². The molecule has 0 spiro atoms. The molecule has 1 saturated heterocycles. The van der Waals surface area contributed by atoms with Gasteiger partial charge in [0, 0.05) is 51.9 Å². The standard InChI is InChI=1S/C29H38N4O3/c1-22-7-6-10-26(17-22)36-29-27(28(30-31(29)2)24-8-4-3-5-9-24)21-33(18-23-11-12-23)20-25(34)19-32-13-15-35-16-14-32/h3-10,17,23,25,34H,11-16,18-21H2,1-2H3/t25-/m0/s1. The number of benzene rings is 2. The lowest BCUT2D eigenvalue weighted by Gasteiger charge is -2.31. The lowest BCUT2D eigenvalue weighted by atomic mass is 10.1. The van der Waals surface area contributed by atoms with E-state index in [-0.39, 0.29) is 0 Å². The van der Waals surface area contributed by atoms with E-state index < -0.39 is 6.10 Å². The van der Waals surface area contributed by atoms with Gasteiger partial charge in [-0.15, -0.1) is 0 Å². The number of hydrogen-bond donors (Lipinski definition) is 1. The monoisotopic (exact) mass is 490 g/mol. The zero-order valence-corrected chi connectivity index (χ0v) is 21.5. The van der Waals surface area contributed by atoms with E-state index in [9.17, 15) is 5.11 Å². The van der Waals surface area contributed by atoms with Crippen LogP contribution in [0.15, 0.2) is 54.6 Å². The first kappa shape index (κ1) is 25.0. The second-order valence-electron chi connectivity index (χ2n) is 10.2. The molecule has 2 heterocycles. The summed E-state index contributed by atoms with van der Waals surface area (Å²) in [4.78, 5) is 4.70. The van der Waals surface area contributed by atoms with E-state index in [1.807, 2.05) is 48.1 Å². The number of morpholine rings is 1. The van der Waals surface area contributed by atoms with E-state index in [1.54, 1.807) is 0 Å². The Hall–Kier alpha value is -2.71. The maximum Gasteiger partial charge on any atom is 0.222 e. The van der Waals surface area contributed by atoms with E-state index in [2.05, 4.69) is 34.9 Å². The minimum absolute atomic E-state index is 0.417. The summed E-state index contributed by atoms with van der Waals surface area (Å²) >= 11 is 0. The second-order valence-corrected chi connectivity index (χ2v) is 10.2. The minimum Gasteiger partial charge on any atom is -0.439 e. The molecule has 2 fully saturated rings. The molecule has 1 aliphatic carbocycles. The maximum absolute atomic E-state index is 11.0. The molecule has 1 aromatic heterocycles. The highest BCUT2D eigenvalue weighted by molar-refractivity contribution is 5.65. The first-order valence-corrected chi connectivity index (χ1v) is 13.1. The average molecular weight is 491 g/mol. The van der Waals surface area contributed by atoms with Crippen molar-refractivity contribution in [2.45, 2.75) is 32.4 Å². The highest BCUT2D eigenvalue weighted by atomic mass is 16.5. The van der Waals surface area contributed by atoms with Crippen LogP contribution in [0.5, 0.6) is 11.6 Å². The van der Waals surface area contributed by atoms with Crippen molar-refractivity contribution in [3.63, 3.8) is 0 Å². The fourth-order valence-electron chi connectivity index (χ4n) is 4.97. The third kappa shape index (κ3) is 6.53. The summed E-state index contributed by atoms with van der Waals surface area (Å²) in [6, 6.07) is 18.4. The molecule has 1 aliphatic heterocycles. The summed E-state index contributed by atoms with van der Waals surface area (Å²) in [6.45, 7) is 8.28. The van der Waals surface area contributed by atoms with Crippen molar-refractivity contribution in [1.82, 2.24) is 19.6 Å². The normalized spacial score (nSPS) is 17.4. The SMILES string of the molecule is Cc1cccc(Oc2c(CN(CC3CC3)C[C@@H](O)CN3CCOCC3)c(-c3ccccc3)nn2C)c1. The Kier molecular flexibility index (Phi) is 8.02. The number of ether oxygens (including phenoxy) is 2. The largest absolute Gasteiger partial charge is 0.439 e. The van der Waals surface area contributed by atoms with Gasteiger partial charge in [-0.3, -0.25) is 9.80 Å². The summed E-state index contributed by atoms with van der Waals surface area (Å²) in [7, 11) is 1.94. The zero-order valence-electron chi connectivity index (χ0n) is 21.5. The molecular weight excluding hydrogens is 452 g/mol. The summed E-state index contributed by atoms with van der Waals surface area (Å²) in [5.41, 5.74) is 4.22. The van der Waals surface area contributed by atoms with Crippen LogP contribution in [0.3, 0.4) is 0 Å². The molecule has 2 aliphatic rings. The van der Waals surface area contributed by atoms with Gasteiger partial charge in [0.1, 0.15) is 11.4 Å². The minimum atomic E-state index is -0.417. The van der Waals surface area contributed by atoms with Gasteiger partial charge in [-0.05, 0) is 43.4 Å². The van der Waals surface area contributed by atoms with E-state index in [1.165, 1.54) is 12.8 Å². The van der Waals surface area contributed by atoms with Crippen molar-refractivity contribution in [3.05, 3.63) is 65.7 Å². The topological polar surface area (TPSA) is 63.0 Å². The molecule has 0 bridgehead atoms. The number of rotatable bonds is 11. The summed E-state index contributed by atoms with van der Waals surface area (Å²) in [6.07, 6.45) is 2.11. The number of nitrogens with zero attached hydrogens (tertiary/aromatic N) is 4. The predicted molar refractivity (Wildman–Crippen MR) is 141 cm³/mol. The Morgan fingerprint density at radius 1 is 1.11 bits per heavy atom. The van der Waals surface area contributed by atoms with E-state index in [4.69, 9.17) is 14.6 Å². The highest BCUT2D eigenvalue weighted by Gasteiger charge is 2.29. The maximum atomic E-state index is 11.0. The molecule has 2 aromatic carbocycles. The third-order valence-corrected chi connectivity index (χ3v) is 6.98. The van der Waals surface area contributed by atoms with Gasteiger partial charge in [0.05, 0.1) is 24.9 Å². The van der Waals surface area contributed by atoms with Crippen molar-refractivity contribution < 1.29 is 14.6 Å². The number of aliphatic hydroxyl groups excluding tert-OH is 1. The van der Waals surface area contributed by atoms with Gasteiger partial charge in [-0.2, -0.15) is 5.10 Å². The van der Waals surface area contributed by atoms with Gasteiger partial charge in [-0.1, -0.05) is 42.5 Å². The van der Waals surface area contributed by atoms with Crippen molar-refractivity contribution in [2.24, 2.45) is 13.0 Å². The van der Waals surface area contributed by atoms with Crippen molar-refractivity contribution in [2.75, 3.05) is 45.9 Å². The number of hydrogen-bond acceptors (Lipinski definition) is 6. The molecule has 1 N–H and O–H groups in total. The number of aryl methyl sites for hydroxylation is 2. The van der Waals surface area contributed by atoms with Crippen molar-refractivity contribution in [3.8, 4) is 22.9 Å². The summed E-state index contributed by atoms with van der Waals surface area (Å²) in [5.74, 6) is 2.27. The lowest BCUT2D eigenvalue weighted by Crippen LogP contribution is -2.44. The van der Waals surface area contributed by atoms with Crippen LogP contribution in [0, 0.1) is 12.8 Å². The van der Waals surface area contributed by atoms with Crippen LogP contribution in [0.4, 0.5) is 0 Å². The molecule has 3 aromatic rings. The Morgan fingerprint density at radius 2 is 1.89 bits per heavy atom. The lowest BCUT2D eigenvalue weighted by molar-refractivity contribution is 0.00587. The Labute approximate surface area is 214 Å². The molecule has 0 unspecified atom stereocenters. The summed E-state index contributed by atoms with van der Waals surface area (Å²) in [5, 5.41) is 15.9. The number of aliphatic hydroxyl groups is 1. The second kappa shape index (κ2) is 11.6. The van der Waals surface area contributed by atoms with Crippen molar-refractivity contribution in [1.29, 1.82) is 0 Å². The van der Waals surface area contributed by atoms with Crippen LogP contribution >= 0.6 is 0 Å². The van der Waals surface area contributed by atoms with Gasteiger partial charge >= 0.3 is 0 Å². The van der Waals surface area contributed by atoms with E-state index in [0.717, 1.165) is 66.9 Å².